The summed E-state index contributed by atoms with van der Waals surface area (Å²) in [6.07, 6.45) is 0.122. The van der Waals surface area contributed by atoms with Crippen molar-refractivity contribution < 1.29 is 24.2 Å². The molecule has 1 aliphatic heterocycles. The van der Waals surface area contributed by atoms with Gasteiger partial charge in [-0.3, -0.25) is 14.4 Å². The Hall–Kier alpha value is -2.84. The zero-order valence-corrected chi connectivity index (χ0v) is 17.4. The van der Waals surface area contributed by atoms with E-state index in [2.05, 4.69) is 5.32 Å². The number of ether oxygens (including phenoxy) is 1. The molecule has 30 heavy (non-hydrogen) atoms. The number of nitrogens with one attached hydrogen (secondary N) is 1. The molecule has 0 bridgehead atoms. The molecule has 2 atom stereocenters. The molecule has 2 aromatic carbocycles. The minimum absolute atomic E-state index is 0.0976. The molecule has 1 aliphatic rings. The van der Waals surface area contributed by atoms with Crippen LogP contribution in [-0.4, -0.2) is 51.4 Å². The van der Waals surface area contributed by atoms with Gasteiger partial charge in [-0.15, -0.1) is 0 Å². The molecule has 1 saturated heterocycles. The number of hydrogen-bond acceptors (Lipinski definition) is 6. The van der Waals surface area contributed by atoms with Crippen molar-refractivity contribution in [3.8, 4) is 11.5 Å². The van der Waals surface area contributed by atoms with Crippen LogP contribution in [-0.2, 0) is 20.9 Å². The average Bonchev–Trinajstić information content (AvgIpc) is 3.02. The van der Waals surface area contributed by atoms with Crippen LogP contribution in [0.3, 0.4) is 0 Å². The number of nitrogens with zero attached hydrogens (tertiary/aromatic N) is 1. The van der Waals surface area contributed by atoms with Gasteiger partial charge in [-0.1, -0.05) is 42.1 Å². The van der Waals surface area contributed by atoms with Crippen LogP contribution >= 0.6 is 11.8 Å². The van der Waals surface area contributed by atoms with Gasteiger partial charge in [-0.25, -0.2) is 0 Å². The van der Waals surface area contributed by atoms with E-state index in [1.54, 1.807) is 0 Å². The van der Waals surface area contributed by atoms with Gasteiger partial charge < -0.3 is 20.1 Å². The molecule has 1 fully saturated rings. The summed E-state index contributed by atoms with van der Waals surface area (Å²) in [5.74, 6) is 0.852. The van der Waals surface area contributed by atoms with Crippen molar-refractivity contribution in [2.45, 2.75) is 31.2 Å². The van der Waals surface area contributed by atoms with Gasteiger partial charge in [0.05, 0.1) is 11.9 Å². The SMILES string of the molecule is CC(=O)S[C@@H]1CC(=O)N(Cc2ccc(Oc3ccccc3)cc2)[C@H]1C(=O)NCCO. The highest BCUT2D eigenvalue weighted by Crippen LogP contribution is 2.32. The van der Waals surface area contributed by atoms with Gasteiger partial charge in [0.15, 0.2) is 5.12 Å². The quantitative estimate of drug-likeness (QED) is 0.670. The molecule has 2 N–H and O–H groups in total. The summed E-state index contributed by atoms with van der Waals surface area (Å²) in [6.45, 7) is 1.57. The number of carbonyl (C=O) groups excluding carboxylic acids is 3. The van der Waals surface area contributed by atoms with Gasteiger partial charge in [0.2, 0.25) is 11.8 Å². The van der Waals surface area contributed by atoms with Gasteiger partial charge in [0, 0.05) is 26.4 Å². The summed E-state index contributed by atoms with van der Waals surface area (Å²) in [7, 11) is 0. The van der Waals surface area contributed by atoms with Crippen LogP contribution in [0.5, 0.6) is 11.5 Å². The van der Waals surface area contributed by atoms with E-state index >= 15 is 0 Å². The molecule has 0 saturated carbocycles. The first-order valence-electron chi connectivity index (χ1n) is 9.65. The second-order valence-corrected chi connectivity index (χ2v) is 8.31. The van der Waals surface area contributed by atoms with Crippen LogP contribution in [0.4, 0.5) is 0 Å². The van der Waals surface area contributed by atoms with E-state index in [1.807, 2.05) is 54.6 Å². The van der Waals surface area contributed by atoms with E-state index < -0.39 is 11.3 Å². The van der Waals surface area contributed by atoms with Gasteiger partial charge >= 0.3 is 0 Å². The lowest BCUT2D eigenvalue weighted by atomic mass is 10.1. The largest absolute Gasteiger partial charge is 0.457 e. The monoisotopic (exact) mass is 428 g/mol. The highest BCUT2D eigenvalue weighted by Gasteiger charge is 2.44. The molecule has 0 aromatic heterocycles. The van der Waals surface area contributed by atoms with Crippen LogP contribution in [0.1, 0.15) is 18.9 Å². The molecular formula is C22H24N2O5S. The first-order chi connectivity index (χ1) is 14.5. The van der Waals surface area contributed by atoms with E-state index in [4.69, 9.17) is 9.84 Å². The molecule has 2 aromatic rings. The zero-order valence-electron chi connectivity index (χ0n) is 16.6. The van der Waals surface area contributed by atoms with E-state index in [0.717, 1.165) is 23.1 Å². The lowest BCUT2D eigenvalue weighted by molar-refractivity contribution is -0.135. The summed E-state index contributed by atoms with van der Waals surface area (Å²) in [5, 5.41) is 11.0. The lowest BCUT2D eigenvalue weighted by Crippen LogP contribution is -2.48. The number of likely N-dealkylation sites (tertiary alicyclic amines) is 1. The lowest BCUT2D eigenvalue weighted by Gasteiger charge is -2.26. The van der Waals surface area contributed by atoms with Gasteiger partial charge in [-0.05, 0) is 29.8 Å². The number of carbonyl (C=O) groups is 3. The fourth-order valence-electron chi connectivity index (χ4n) is 3.34. The maximum absolute atomic E-state index is 12.6. The number of aliphatic hydroxyl groups is 1. The number of para-hydroxylation sites is 1. The standard InChI is InChI=1S/C22H24N2O5S/c1-15(26)30-19-13-20(27)24(21(19)22(28)23-11-12-25)14-16-7-9-18(10-8-16)29-17-5-3-2-4-6-17/h2-10,19,21,25H,11-14H2,1H3,(H,23,28)/t19-,21-/m1/s1. The number of thioether (sulfide) groups is 1. The summed E-state index contributed by atoms with van der Waals surface area (Å²) in [4.78, 5) is 38.3. The predicted octanol–water partition coefficient (Wildman–Crippen LogP) is 2.34. The Morgan fingerprint density at radius 1 is 1.13 bits per heavy atom. The van der Waals surface area contributed by atoms with Crippen molar-refractivity contribution >= 4 is 28.7 Å². The molecule has 3 rings (SSSR count). The van der Waals surface area contributed by atoms with Crippen molar-refractivity contribution in [3.63, 3.8) is 0 Å². The number of aliphatic hydroxyl groups excluding tert-OH is 1. The van der Waals surface area contributed by atoms with Crippen molar-refractivity contribution in [1.82, 2.24) is 10.2 Å². The molecule has 2 amide bonds. The van der Waals surface area contributed by atoms with Crippen LogP contribution in [0.25, 0.3) is 0 Å². The van der Waals surface area contributed by atoms with Gasteiger partial charge in [0.1, 0.15) is 17.5 Å². The third-order valence-electron chi connectivity index (χ3n) is 4.64. The van der Waals surface area contributed by atoms with Crippen LogP contribution < -0.4 is 10.1 Å². The predicted molar refractivity (Wildman–Crippen MR) is 114 cm³/mol. The Morgan fingerprint density at radius 2 is 1.80 bits per heavy atom. The fraction of sp³-hybridized carbons (Fsp3) is 0.318. The van der Waals surface area contributed by atoms with Gasteiger partial charge in [-0.2, -0.15) is 0 Å². The molecule has 8 heteroatoms. The second-order valence-electron chi connectivity index (χ2n) is 6.89. The highest BCUT2D eigenvalue weighted by atomic mass is 32.2. The zero-order chi connectivity index (χ0) is 21.5. The molecule has 0 unspecified atom stereocenters. The Bertz CT molecular complexity index is 888. The summed E-state index contributed by atoms with van der Waals surface area (Å²) < 4.78 is 5.78. The third kappa shape index (κ3) is 5.61. The Balaban J connectivity index is 1.72. The van der Waals surface area contributed by atoms with E-state index in [0.29, 0.717) is 5.75 Å². The first kappa shape index (κ1) is 21.9. The Labute approximate surface area is 179 Å². The Kier molecular flexibility index (Phi) is 7.48. The number of benzene rings is 2. The maximum atomic E-state index is 12.6. The first-order valence-corrected chi connectivity index (χ1v) is 10.5. The van der Waals surface area contributed by atoms with E-state index in [1.165, 1.54) is 11.8 Å². The van der Waals surface area contributed by atoms with Crippen LogP contribution in [0.15, 0.2) is 54.6 Å². The number of amides is 2. The summed E-state index contributed by atoms with van der Waals surface area (Å²) in [5.41, 5.74) is 0.845. The van der Waals surface area contributed by atoms with Crippen molar-refractivity contribution in [2.24, 2.45) is 0 Å². The van der Waals surface area contributed by atoms with Crippen molar-refractivity contribution in [1.29, 1.82) is 0 Å². The van der Waals surface area contributed by atoms with Crippen molar-refractivity contribution in [2.75, 3.05) is 13.2 Å². The summed E-state index contributed by atoms with van der Waals surface area (Å²) in [6, 6.07) is 16.0. The topological polar surface area (TPSA) is 95.9 Å². The second kappa shape index (κ2) is 10.3. The van der Waals surface area contributed by atoms with Crippen molar-refractivity contribution in [3.05, 3.63) is 60.2 Å². The maximum Gasteiger partial charge on any atom is 0.244 e. The minimum atomic E-state index is -0.766. The van der Waals surface area contributed by atoms with E-state index in [9.17, 15) is 14.4 Å². The molecule has 158 valence electrons. The number of hydrogen-bond donors (Lipinski definition) is 2. The third-order valence-corrected chi connectivity index (χ3v) is 5.70. The summed E-state index contributed by atoms with van der Waals surface area (Å²) >= 11 is 1.01. The molecule has 0 aliphatic carbocycles. The van der Waals surface area contributed by atoms with Crippen LogP contribution in [0.2, 0.25) is 0 Å². The minimum Gasteiger partial charge on any atom is -0.457 e. The fourth-order valence-corrected chi connectivity index (χ4v) is 4.39. The van der Waals surface area contributed by atoms with E-state index in [-0.39, 0.29) is 43.0 Å². The molecular weight excluding hydrogens is 404 g/mol. The molecule has 0 radical (unpaired) electrons. The molecule has 1 heterocycles. The average molecular weight is 429 g/mol. The van der Waals surface area contributed by atoms with Gasteiger partial charge in [0.25, 0.3) is 0 Å². The Morgan fingerprint density at radius 3 is 2.43 bits per heavy atom. The molecule has 7 nitrogen and oxygen atoms in total. The number of rotatable bonds is 8. The normalized spacial score (nSPS) is 18.3. The highest BCUT2D eigenvalue weighted by molar-refractivity contribution is 8.14. The smallest absolute Gasteiger partial charge is 0.244 e. The van der Waals surface area contributed by atoms with Crippen LogP contribution in [0, 0.1) is 0 Å². The molecule has 0 spiro atoms.